The molecule has 168 valence electrons. The van der Waals surface area contributed by atoms with Gasteiger partial charge >= 0.3 is 5.97 Å². The van der Waals surface area contributed by atoms with Crippen LogP contribution in [0.25, 0.3) is 6.08 Å². The highest BCUT2D eigenvalue weighted by Crippen LogP contribution is 2.33. The van der Waals surface area contributed by atoms with E-state index in [9.17, 15) is 14.9 Å². The average Bonchev–Trinajstić information content (AvgIpc) is 3.09. The number of hydrogen-bond acceptors (Lipinski definition) is 6. The molecule has 1 heterocycles. The van der Waals surface area contributed by atoms with Crippen molar-refractivity contribution in [3.8, 4) is 11.8 Å². The average molecular weight is 461 g/mol. The van der Waals surface area contributed by atoms with Crippen molar-refractivity contribution < 1.29 is 19.1 Å². The van der Waals surface area contributed by atoms with E-state index in [4.69, 9.17) is 9.47 Å². The first-order valence-corrected chi connectivity index (χ1v) is 11.2. The number of aryl methyl sites for hydroxylation is 1. The molecule has 1 amide bonds. The van der Waals surface area contributed by atoms with Gasteiger partial charge in [-0.25, -0.2) is 4.79 Å². The molecule has 0 unspecified atom stereocenters. The van der Waals surface area contributed by atoms with E-state index in [-0.39, 0.29) is 12.2 Å². The first-order valence-electron chi connectivity index (χ1n) is 10.4. The van der Waals surface area contributed by atoms with Gasteiger partial charge in [0.25, 0.3) is 5.91 Å². The Kier molecular flexibility index (Phi) is 8.01. The fourth-order valence-corrected chi connectivity index (χ4v) is 4.13. The molecule has 0 aliphatic rings. The molecule has 0 spiro atoms. The Balaban J connectivity index is 1.77. The molecule has 0 atom stereocenters. The van der Waals surface area contributed by atoms with E-state index in [2.05, 4.69) is 5.32 Å². The van der Waals surface area contributed by atoms with Gasteiger partial charge in [-0.05, 0) is 55.7 Å². The Labute approximate surface area is 197 Å². The predicted molar refractivity (Wildman–Crippen MR) is 129 cm³/mol. The lowest BCUT2D eigenvalue weighted by atomic mass is 10.1. The van der Waals surface area contributed by atoms with E-state index in [0.717, 1.165) is 16.0 Å². The summed E-state index contributed by atoms with van der Waals surface area (Å²) in [7, 11) is 0. The summed E-state index contributed by atoms with van der Waals surface area (Å²) in [5, 5.41) is 12.7. The third-order valence-electron chi connectivity index (χ3n) is 4.87. The normalized spacial score (nSPS) is 10.9. The topological polar surface area (TPSA) is 88.4 Å². The van der Waals surface area contributed by atoms with Crippen LogP contribution in [0.5, 0.6) is 5.75 Å². The molecule has 2 aromatic carbocycles. The number of esters is 1. The maximum Gasteiger partial charge on any atom is 0.341 e. The minimum atomic E-state index is -0.597. The Morgan fingerprint density at radius 2 is 1.88 bits per heavy atom. The highest BCUT2D eigenvalue weighted by atomic mass is 32.1. The van der Waals surface area contributed by atoms with Gasteiger partial charge in [0.05, 0.1) is 12.2 Å². The number of rotatable bonds is 8. The van der Waals surface area contributed by atoms with E-state index in [1.165, 1.54) is 17.4 Å². The SMILES string of the molecule is CCOC(=O)c1c(NC(=O)/C(C#N)=C/c2cccc(OCc3ccccc3)c2)sc(C)c1C. The second-order valence-electron chi connectivity index (χ2n) is 7.18. The van der Waals surface area contributed by atoms with Crippen molar-refractivity contribution in [3.63, 3.8) is 0 Å². The van der Waals surface area contributed by atoms with Crippen LogP contribution in [0.2, 0.25) is 0 Å². The molecule has 7 heteroatoms. The molecular formula is C26H24N2O4S. The minimum absolute atomic E-state index is 0.0891. The quantitative estimate of drug-likeness (QED) is 0.266. The summed E-state index contributed by atoms with van der Waals surface area (Å²) < 4.78 is 10.9. The van der Waals surface area contributed by atoms with E-state index in [1.807, 2.05) is 49.4 Å². The number of ether oxygens (including phenoxy) is 2. The molecule has 3 aromatic rings. The maximum atomic E-state index is 12.8. The van der Waals surface area contributed by atoms with Gasteiger partial charge in [-0.1, -0.05) is 42.5 Å². The van der Waals surface area contributed by atoms with Crippen molar-refractivity contribution in [1.29, 1.82) is 5.26 Å². The molecular weight excluding hydrogens is 436 g/mol. The first kappa shape index (κ1) is 23.8. The molecule has 0 aliphatic heterocycles. The van der Waals surface area contributed by atoms with Crippen molar-refractivity contribution >= 4 is 34.3 Å². The number of hydrogen-bond donors (Lipinski definition) is 1. The molecule has 0 saturated heterocycles. The number of carbonyl (C=O) groups excluding carboxylic acids is 2. The van der Waals surface area contributed by atoms with Crippen molar-refractivity contribution in [2.75, 3.05) is 11.9 Å². The molecule has 0 fully saturated rings. The largest absolute Gasteiger partial charge is 0.489 e. The van der Waals surface area contributed by atoms with E-state index in [1.54, 1.807) is 32.0 Å². The summed E-state index contributed by atoms with van der Waals surface area (Å²) in [6.45, 7) is 6.02. The van der Waals surface area contributed by atoms with Crippen molar-refractivity contribution in [3.05, 3.63) is 87.3 Å². The predicted octanol–water partition coefficient (Wildman–Crippen LogP) is 5.67. The summed E-state index contributed by atoms with van der Waals surface area (Å²) in [4.78, 5) is 26.1. The molecule has 3 rings (SSSR count). The van der Waals surface area contributed by atoms with Crippen molar-refractivity contribution in [2.45, 2.75) is 27.4 Å². The smallest absolute Gasteiger partial charge is 0.341 e. The second kappa shape index (κ2) is 11.1. The Bertz CT molecular complexity index is 1220. The van der Waals surface area contributed by atoms with Crippen LogP contribution in [0.3, 0.4) is 0 Å². The number of nitrogens with zero attached hydrogens (tertiary/aromatic N) is 1. The molecule has 0 bridgehead atoms. The van der Waals surface area contributed by atoms with Crippen LogP contribution in [0.15, 0.2) is 60.2 Å². The van der Waals surface area contributed by atoms with Crippen LogP contribution < -0.4 is 10.1 Å². The van der Waals surface area contributed by atoms with Gasteiger partial charge in [0.1, 0.15) is 29.0 Å². The number of anilines is 1. The van der Waals surface area contributed by atoms with E-state index >= 15 is 0 Å². The zero-order valence-corrected chi connectivity index (χ0v) is 19.5. The van der Waals surface area contributed by atoms with Crippen LogP contribution in [-0.4, -0.2) is 18.5 Å². The van der Waals surface area contributed by atoms with Gasteiger partial charge in [-0.2, -0.15) is 5.26 Å². The van der Waals surface area contributed by atoms with Gasteiger partial charge in [-0.15, -0.1) is 11.3 Å². The molecule has 0 aliphatic carbocycles. The third-order valence-corrected chi connectivity index (χ3v) is 6.00. The number of carbonyl (C=O) groups is 2. The Hall–Kier alpha value is -3.89. The Morgan fingerprint density at radius 3 is 2.58 bits per heavy atom. The van der Waals surface area contributed by atoms with Crippen LogP contribution in [0, 0.1) is 25.2 Å². The van der Waals surface area contributed by atoms with E-state index in [0.29, 0.717) is 28.5 Å². The summed E-state index contributed by atoms with van der Waals surface area (Å²) in [6, 6.07) is 18.9. The molecule has 1 aromatic heterocycles. The van der Waals surface area contributed by atoms with Gasteiger partial charge < -0.3 is 14.8 Å². The summed E-state index contributed by atoms with van der Waals surface area (Å²) >= 11 is 1.28. The van der Waals surface area contributed by atoms with Crippen molar-refractivity contribution in [2.24, 2.45) is 0 Å². The van der Waals surface area contributed by atoms with Crippen molar-refractivity contribution in [1.82, 2.24) is 0 Å². The molecule has 33 heavy (non-hydrogen) atoms. The number of benzene rings is 2. The fraction of sp³-hybridized carbons (Fsp3) is 0.192. The summed E-state index contributed by atoms with van der Waals surface area (Å²) in [6.07, 6.45) is 1.49. The lowest BCUT2D eigenvalue weighted by Gasteiger charge is -2.08. The zero-order valence-electron chi connectivity index (χ0n) is 18.7. The van der Waals surface area contributed by atoms with Gasteiger partial charge in [0, 0.05) is 4.88 Å². The van der Waals surface area contributed by atoms with Gasteiger partial charge in [-0.3, -0.25) is 4.79 Å². The highest BCUT2D eigenvalue weighted by molar-refractivity contribution is 7.16. The first-order chi connectivity index (χ1) is 15.9. The van der Waals surface area contributed by atoms with Crippen LogP contribution in [0.4, 0.5) is 5.00 Å². The van der Waals surface area contributed by atoms with Crippen LogP contribution in [0.1, 0.15) is 38.8 Å². The number of amides is 1. The highest BCUT2D eigenvalue weighted by Gasteiger charge is 2.23. The zero-order chi connectivity index (χ0) is 23.8. The fourth-order valence-electron chi connectivity index (χ4n) is 3.08. The molecule has 0 radical (unpaired) electrons. The second-order valence-corrected chi connectivity index (χ2v) is 8.40. The van der Waals surface area contributed by atoms with Gasteiger partial charge in [0.15, 0.2) is 0 Å². The minimum Gasteiger partial charge on any atom is -0.489 e. The van der Waals surface area contributed by atoms with Crippen LogP contribution >= 0.6 is 11.3 Å². The molecule has 6 nitrogen and oxygen atoms in total. The number of nitriles is 1. The lowest BCUT2D eigenvalue weighted by molar-refractivity contribution is -0.112. The molecule has 1 N–H and O–H groups in total. The summed E-state index contributed by atoms with van der Waals surface area (Å²) in [5.74, 6) is -0.472. The standard InChI is InChI=1S/C26H24N2O4S/c1-4-31-26(30)23-17(2)18(3)33-25(23)28-24(29)21(15-27)13-20-11-8-12-22(14-20)32-16-19-9-6-5-7-10-19/h5-14H,4,16H2,1-3H3,(H,28,29)/b21-13+. The lowest BCUT2D eigenvalue weighted by Crippen LogP contribution is -2.16. The monoisotopic (exact) mass is 460 g/mol. The molecule has 0 saturated carbocycles. The van der Waals surface area contributed by atoms with Gasteiger partial charge in [0.2, 0.25) is 0 Å². The van der Waals surface area contributed by atoms with E-state index < -0.39 is 11.9 Å². The number of nitrogens with one attached hydrogen (secondary N) is 1. The Morgan fingerprint density at radius 1 is 1.12 bits per heavy atom. The number of thiophene rings is 1. The maximum absolute atomic E-state index is 12.8. The summed E-state index contributed by atoms with van der Waals surface area (Å²) in [5.41, 5.74) is 2.67. The van der Waals surface area contributed by atoms with Crippen LogP contribution in [-0.2, 0) is 16.1 Å². The third kappa shape index (κ3) is 6.09.